The van der Waals surface area contributed by atoms with E-state index in [1.165, 1.54) is 12.1 Å². The Balaban J connectivity index is 2.97. The number of nitrogens with one attached hydrogen (secondary N) is 1. The Bertz CT molecular complexity index is 486. The lowest BCUT2D eigenvalue weighted by Gasteiger charge is -2.18. The summed E-state index contributed by atoms with van der Waals surface area (Å²) in [5.41, 5.74) is 0.703. The number of hydrogen-bond donors (Lipinski definition) is 2. The SMILES string of the molecule is CCc1ccc(F)c(C(=O)N[C@@H](C(=O)O)C(C)C)c1. The van der Waals surface area contributed by atoms with Gasteiger partial charge in [0.1, 0.15) is 11.9 Å². The monoisotopic (exact) mass is 267 g/mol. The summed E-state index contributed by atoms with van der Waals surface area (Å²) in [6, 6.07) is 3.24. The van der Waals surface area contributed by atoms with Crippen LogP contribution in [0.5, 0.6) is 0 Å². The van der Waals surface area contributed by atoms with E-state index in [9.17, 15) is 14.0 Å². The molecule has 0 radical (unpaired) electrons. The number of rotatable bonds is 5. The van der Waals surface area contributed by atoms with Crippen LogP contribution in [-0.2, 0) is 11.2 Å². The Hall–Kier alpha value is -1.91. The lowest BCUT2D eigenvalue weighted by molar-refractivity contribution is -0.140. The largest absolute Gasteiger partial charge is 0.480 e. The number of amides is 1. The number of aryl methyl sites for hydroxylation is 1. The van der Waals surface area contributed by atoms with Crippen LogP contribution in [0, 0.1) is 11.7 Å². The van der Waals surface area contributed by atoms with Gasteiger partial charge in [0.05, 0.1) is 5.56 Å². The molecule has 0 bridgehead atoms. The second-order valence-corrected chi connectivity index (χ2v) is 4.70. The molecule has 1 rings (SSSR count). The summed E-state index contributed by atoms with van der Waals surface area (Å²) in [5.74, 6) is -2.76. The molecule has 104 valence electrons. The average Bonchev–Trinajstić information content (AvgIpc) is 2.35. The van der Waals surface area contributed by atoms with Crippen molar-refractivity contribution in [3.63, 3.8) is 0 Å². The molecule has 0 fully saturated rings. The Kier molecular flexibility index (Phi) is 5.03. The fourth-order valence-electron chi connectivity index (χ4n) is 1.70. The van der Waals surface area contributed by atoms with Gasteiger partial charge in [-0.2, -0.15) is 0 Å². The number of hydrogen-bond acceptors (Lipinski definition) is 2. The van der Waals surface area contributed by atoms with Crippen molar-refractivity contribution in [2.24, 2.45) is 5.92 Å². The van der Waals surface area contributed by atoms with Crippen molar-refractivity contribution in [1.29, 1.82) is 0 Å². The minimum atomic E-state index is -1.13. The van der Waals surface area contributed by atoms with E-state index in [-0.39, 0.29) is 11.5 Å². The van der Waals surface area contributed by atoms with Crippen LogP contribution < -0.4 is 5.32 Å². The topological polar surface area (TPSA) is 66.4 Å². The van der Waals surface area contributed by atoms with Crippen molar-refractivity contribution in [3.8, 4) is 0 Å². The zero-order chi connectivity index (χ0) is 14.6. The van der Waals surface area contributed by atoms with Crippen LogP contribution in [0.1, 0.15) is 36.7 Å². The van der Waals surface area contributed by atoms with Crippen molar-refractivity contribution in [2.75, 3.05) is 0 Å². The van der Waals surface area contributed by atoms with E-state index in [1.54, 1.807) is 19.9 Å². The average molecular weight is 267 g/mol. The van der Waals surface area contributed by atoms with Gasteiger partial charge in [-0.05, 0) is 30.0 Å². The van der Waals surface area contributed by atoms with E-state index in [0.29, 0.717) is 6.42 Å². The smallest absolute Gasteiger partial charge is 0.326 e. The molecule has 0 saturated carbocycles. The molecule has 0 aliphatic heterocycles. The molecule has 5 heteroatoms. The van der Waals surface area contributed by atoms with Gasteiger partial charge in [0.25, 0.3) is 5.91 Å². The van der Waals surface area contributed by atoms with Crippen molar-refractivity contribution < 1.29 is 19.1 Å². The Labute approximate surface area is 111 Å². The molecule has 1 aromatic carbocycles. The molecule has 1 aromatic rings. The van der Waals surface area contributed by atoms with E-state index in [4.69, 9.17) is 5.11 Å². The number of carbonyl (C=O) groups excluding carboxylic acids is 1. The molecular weight excluding hydrogens is 249 g/mol. The molecule has 1 amide bonds. The van der Waals surface area contributed by atoms with E-state index >= 15 is 0 Å². The van der Waals surface area contributed by atoms with Gasteiger partial charge >= 0.3 is 5.97 Å². The highest BCUT2D eigenvalue weighted by Gasteiger charge is 2.25. The minimum absolute atomic E-state index is 0.119. The number of carbonyl (C=O) groups is 2. The first-order valence-corrected chi connectivity index (χ1v) is 6.18. The normalized spacial score (nSPS) is 12.3. The van der Waals surface area contributed by atoms with E-state index in [2.05, 4.69) is 5.32 Å². The maximum atomic E-state index is 13.6. The number of carboxylic acid groups (broad SMARTS) is 1. The van der Waals surface area contributed by atoms with Crippen molar-refractivity contribution in [3.05, 3.63) is 35.1 Å². The third-order valence-electron chi connectivity index (χ3n) is 2.90. The predicted molar refractivity (Wildman–Crippen MR) is 69.5 cm³/mol. The van der Waals surface area contributed by atoms with Crippen LogP contribution in [0.2, 0.25) is 0 Å². The van der Waals surface area contributed by atoms with Crippen LogP contribution in [0.25, 0.3) is 0 Å². The quantitative estimate of drug-likeness (QED) is 0.859. The summed E-state index contributed by atoms with van der Waals surface area (Å²) >= 11 is 0. The predicted octanol–water partition coefficient (Wildman–Crippen LogP) is 2.23. The van der Waals surface area contributed by atoms with Crippen LogP contribution >= 0.6 is 0 Å². The molecule has 0 aliphatic rings. The standard InChI is InChI=1S/C14H18FNO3/c1-4-9-5-6-11(15)10(7-9)13(17)16-12(8(2)3)14(18)19/h5-8,12H,4H2,1-3H3,(H,16,17)(H,18,19)/t12-/m1/s1. The first-order chi connectivity index (χ1) is 8.86. The third-order valence-corrected chi connectivity index (χ3v) is 2.90. The van der Waals surface area contributed by atoms with Gasteiger partial charge in [0.15, 0.2) is 0 Å². The van der Waals surface area contributed by atoms with Crippen molar-refractivity contribution in [1.82, 2.24) is 5.32 Å². The second kappa shape index (κ2) is 6.31. The van der Waals surface area contributed by atoms with Gasteiger partial charge in [-0.25, -0.2) is 9.18 Å². The first kappa shape index (κ1) is 15.1. The van der Waals surface area contributed by atoms with Crippen LogP contribution in [-0.4, -0.2) is 23.0 Å². The van der Waals surface area contributed by atoms with Gasteiger partial charge in [-0.15, -0.1) is 0 Å². The molecule has 0 aliphatic carbocycles. The summed E-state index contributed by atoms with van der Waals surface area (Å²) in [6.07, 6.45) is 0.674. The highest BCUT2D eigenvalue weighted by atomic mass is 19.1. The van der Waals surface area contributed by atoms with Crippen molar-refractivity contribution in [2.45, 2.75) is 33.2 Å². The highest BCUT2D eigenvalue weighted by Crippen LogP contribution is 2.12. The summed E-state index contributed by atoms with van der Waals surface area (Å²) in [5, 5.41) is 11.3. The lowest BCUT2D eigenvalue weighted by atomic mass is 10.0. The van der Waals surface area contributed by atoms with Crippen LogP contribution in [0.4, 0.5) is 4.39 Å². The molecule has 0 unspecified atom stereocenters. The minimum Gasteiger partial charge on any atom is -0.480 e. The maximum absolute atomic E-state index is 13.6. The Morgan fingerprint density at radius 3 is 2.47 bits per heavy atom. The van der Waals surface area contributed by atoms with Crippen LogP contribution in [0.15, 0.2) is 18.2 Å². The number of benzene rings is 1. The zero-order valence-electron chi connectivity index (χ0n) is 11.2. The summed E-state index contributed by atoms with van der Waals surface area (Å²) in [4.78, 5) is 22.9. The van der Waals surface area contributed by atoms with Crippen molar-refractivity contribution >= 4 is 11.9 Å². The molecule has 0 heterocycles. The number of aliphatic carboxylic acids is 1. The lowest BCUT2D eigenvalue weighted by Crippen LogP contribution is -2.44. The molecule has 1 atom stereocenters. The molecular formula is C14H18FNO3. The van der Waals surface area contributed by atoms with Gasteiger partial charge in [-0.3, -0.25) is 4.79 Å². The fourth-order valence-corrected chi connectivity index (χ4v) is 1.70. The first-order valence-electron chi connectivity index (χ1n) is 6.18. The summed E-state index contributed by atoms with van der Waals surface area (Å²) in [6.45, 7) is 5.25. The van der Waals surface area contributed by atoms with E-state index in [0.717, 1.165) is 5.56 Å². The van der Waals surface area contributed by atoms with Gasteiger partial charge in [0.2, 0.25) is 0 Å². The van der Waals surface area contributed by atoms with Gasteiger partial charge in [0, 0.05) is 0 Å². The summed E-state index contributed by atoms with van der Waals surface area (Å²) < 4.78 is 13.6. The maximum Gasteiger partial charge on any atom is 0.326 e. The third kappa shape index (κ3) is 3.77. The molecule has 19 heavy (non-hydrogen) atoms. The van der Waals surface area contributed by atoms with Crippen LogP contribution in [0.3, 0.4) is 0 Å². The second-order valence-electron chi connectivity index (χ2n) is 4.70. The Morgan fingerprint density at radius 2 is 2.00 bits per heavy atom. The fraction of sp³-hybridized carbons (Fsp3) is 0.429. The summed E-state index contributed by atoms with van der Waals surface area (Å²) in [7, 11) is 0. The molecule has 0 saturated heterocycles. The number of halogens is 1. The van der Waals surface area contributed by atoms with Gasteiger partial charge in [-0.1, -0.05) is 26.8 Å². The molecule has 0 spiro atoms. The molecule has 2 N–H and O–H groups in total. The molecule has 4 nitrogen and oxygen atoms in total. The number of carboxylic acids is 1. The van der Waals surface area contributed by atoms with E-state index < -0.39 is 23.7 Å². The van der Waals surface area contributed by atoms with Gasteiger partial charge < -0.3 is 10.4 Å². The van der Waals surface area contributed by atoms with E-state index in [1.807, 2.05) is 6.92 Å². The highest BCUT2D eigenvalue weighted by molar-refractivity contribution is 5.97. The Morgan fingerprint density at radius 1 is 1.37 bits per heavy atom. The zero-order valence-corrected chi connectivity index (χ0v) is 11.2. The molecule has 0 aromatic heterocycles.